The van der Waals surface area contributed by atoms with Gasteiger partial charge in [0.15, 0.2) is 0 Å². The first-order valence-corrected chi connectivity index (χ1v) is 13.4. The Labute approximate surface area is 191 Å². The summed E-state index contributed by atoms with van der Waals surface area (Å²) in [4.78, 5) is 15.0. The van der Waals surface area contributed by atoms with Gasteiger partial charge in [-0.3, -0.25) is 9.69 Å². The molecule has 0 bridgehead atoms. The van der Waals surface area contributed by atoms with Crippen LogP contribution in [0.15, 0.2) is 23.1 Å². The first kappa shape index (κ1) is 23.2. The molecule has 1 aliphatic heterocycles. The second-order valence-corrected chi connectivity index (χ2v) is 11.4. The Kier molecular flexibility index (Phi) is 7.18. The van der Waals surface area contributed by atoms with E-state index < -0.39 is 15.6 Å². The normalized spacial score (nSPS) is 22.3. The average Bonchev–Trinajstić information content (AvgIpc) is 3.05. The van der Waals surface area contributed by atoms with Crippen molar-refractivity contribution >= 4 is 15.9 Å². The van der Waals surface area contributed by atoms with Crippen LogP contribution < -0.4 is 5.32 Å². The summed E-state index contributed by atoms with van der Waals surface area (Å²) in [7, 11) is -3.52. The molecule has 8 heteroatoms. The van der Waals surface area contributed by atoms with Crippen molar-refractivity contribution in [2.45, 2.75) is 74.6 Å². The first-order valence-electron chi connectivity index (χ1n) is 12.0. The zero-order valence-corrected chi connectivity index (χ0v) is 19.6. The zero-order chi connectivity index (χ0) is 22.6. The van der Waals surface area contributed by atoms with Crippen LogP contribution in [-0.2, 0) is 27.7 Å². The highest BCUT2D eigenvalue weighted by atomic mass is 32.2. The molecule has 32 heavy (non-hydrogen) atoms. The minimum atomic E-state index is -3.52. The van der Waals surface area contributed by atoms with Crippen molar-refractivity contribution in [2.24, 2.45) is 0 Å². The van der Waals surface area contributed by atoms with Gasteiger partial charge in [-0.2, -0.15) is 9.57 Å². The van der Waals surface area contributed by atoms with Crippen LogP contribution >= 0.6 is 0 Å². The molecule has 174 valence electrons. The third-order valence-electron chi connectivity index (χ3n) is 7.21. The van der Waals surface area contributed by atoms with Crippen LogP contribution in [0.2, 0.25) is 0 Å². The number of amides is 1. The number of carbonyl (C=O) groups excluding carboxylic acids is 1. The van der Waals surface area contributed by atoms with Crippen LogP contribution in [0.5, 0.6) is 0 Å². The Morgan fingerprint density at radius 1 is 0.969 bits per heavy atom. The Morgan fingerprint density at radius 3 is 2.28 bits per heavy atom. The molecule has 0 aromatic heterocycles. The van der Waals surface area contributed by atoms with Crippen LogP contribution in [-0.4, -0.2) is 61.8 Å². The van der Waals surface area contributed by atoms with E-state index in [2.05, 4.69) is 11.4 Å². The predicted octanol–water partition coefficient (Wildman–Crippen LogP) is 2.60. The number of hydrogen-bond donors (Lipinski definition) is 1. The lowest BCUT2D eigenvalue weighted by molar-refractivity contribution is -0.124. The number of rotatable bonds is 5. The van der Waals surface area contributed by atoms with E-state index >= 15 is 0 Å². The molecule has 0 spiro atoms. The van der Waals surface area contributed by atoms with Crippen molar-refractivity contribution in [2.75, 3.05) is 32.7 Å². The fourth-order valence-corrected chi connectivity index (χ4v) is 6.73. The first-order chi connectivity index (χ1) is 15.4. The molecule has 1 saturated heterocycles. The lowest BCUT2D eigenvalue weighted by Crippen LogP contribution is -2.54. The van der Waals surface area contributed by atoms with Crippen LogP contribution in [0.1, 0.15) is 62.5 Å². The number of fused-ring (bicyclic) bond motifs is 1. The molecule has 4 rings (SSSR count). The SMILES string of the molecule is N#CC1(NC(=O)CN2CCN(S(=O)(=O)c3ccc4c(c3)CCCC4)CC2)CCCCCC1. The van der Waals surface area contributed by atoms with Crippen molar-refractivity contribution in [3.05, 3.63) is 29.3 Å². The lowest BCUT2D eigenvalue weighted by Gasteiger charge is -2.34. The molecular formula is C24H34N4O3S. The van der Waals surface area contributed by atoms with Crippen LogP contribution in [0.4, 0.5) is 0 Å². The van der Waals surface area contributed by atoms with Crippen molar-refractivity contribution in [3.8, 4) is 6.07 Å². The monoisotopic (exact) mass is 458 g/mol. The second-order valence-electron chi connectivity index (χ2n) is 9.47. The molecule has 0 atom stereocenters. The van der Waals surface area contributed by atoms with E-state index in [1.165, 1.54) is 16.3 Å². The maximum atomic E-state index is 13.2. The summed E-state index contributed by atoms with van der Waals surface area (Å²) < 4.78 is 27.9. The minimum absolute atomic E-state index is 0.139. The summed E-state index contributed by atoms with van der Waals surface area (Å²) >= 11 is 0. The molecular weight excluding hydrogens is 424 g/mol. The Morgan fingerprint density at radius 2 is 1.62 bits per heavy atom. The molecule has 2 aliphatic carbocycles. The highest BCUT2D eigenvalue weighted by molar-refractivity contribution is 7.89. The van der Waals surface area contributed by atoms with E-state index in [1.54, 1.807) is 6.07 Å². The number of carbonyl (C=O) groups is 1. The Balaban J connectivity index is 1.32. The molecule has 1 N–H and O–H groups in total. The van der Waals surface area contributed by atoms with Gasteiger partial charge in [0.1, 0.15) is 5.54 Å². The molecule has 1 amide bonds. The van der Waals surface area contributed by atoms with E-state index in [0.29, 0.717) is 43.9 Å². The predicted molar refractivity (Wildman–Crippen MR) is 122 cm³/mol. The van der Waals surface area contributed by atoms with Gasteiger partial charge in [0.2, 0.25) is 15.9 Å². The van der Waals surface area contributed by atoms with Crippen molar-refractivity contribution < 1.29 is 13.2 Å². The van der Waals surface area contributed by atoms with E-state index in [0.717, 1.165) is 50.5 Å². The Bertz CT molecular complexity index is 969. The maximum Gasteiger partial charge on any atom is 0.243 e. The van der Waals surface area contributed by atoms with Gasteiger partial charge in [0, 0.05) is 26.2 Å². The molecule has 1 aromatic rings. The van der Waals surface area contributed by atoms with Gasteiger partial charge in [-0.1, -0.05) is 31.7 Å². The fourth-order valence-electron chi connectivity index (χ4n) is 5.25. The molecule has 1 aromatic carbocycles. The summed E-state index contributed by atoms with van der Waals surface area (Å²) in [5, 5.41) is 12.7. The van der Waals surface area contributed by atoms with E-state index in [1.807, 2.05) is 17.0 Å². The van der Waals surface area contributed by atoms with Gasteiger partial charge >= 0.3 is 0 Å². The number of nitriles is 1. The van der Waals surface area contributed by atoms with Gasteiger partial charge in [-0.05, 0) is 61.8 Å². The minimum Gasteiger partial charge on any atom is -0.337 e. The number of nitrogens with zero attached hydrogens (tertiary/aromatic N) is 3. The number of aryl methyl sites for hydroxylation is 2. The smallest absolute Gasteiger partial charge is 0.243 e. The molecule has 7 nitrogen and oxygen atoms in total. The summed E-state index contributed by atoms with van der Waals surface area (Å²) in [6.07, 6.45) is 9.84. The van der Waals surface area contributed by atoms with Gasteiger partial charge in [0.25, 0.3) is 0 Å². The summed E-state index contributed by atoms with van der Waals surface area (Å²) in [6, 6.07) is 7.93. The number of nitrogens with one attached hydrogen (secondary N) is 1. The largest absolute Gasteiger partial charge is 0.337 e. The van der Waals surface area contributed by atoms with Crippen LogP contribution in [0.3, 0.4) is 0 Å². The van der Waals surface area contributed by atoms with Gasteiger partial charge in [-0.15, -0.1) is 0 Å². The summed E-state index contributed by atoms with van der Waals surface area (Å²) in [6.45, 7) is 1.97. The van der Waals surface area contributed by atoms with Crippen LogP contribution in [0, 0.1) is 11.3 Å². The molecule has 2 fully saturated rings. The molecule has 1 heterocycles. The molecule has 1 saturated carbocycles. The Hall–Kier alpha value is -1.95. The van der Waals surface area contributed by atoms with Crippen molar-refractivity contribution in [1.82, 2.24) is 14.5 Å². The fraction of sp³-hybridized carbons (Fsp3) is 0.667. The molecule has 3 aliphatic rings. The summed E-state index contributed by atoms with van der Waals surface area (Å²) in [5.74, 6) is -0.139. The number of piperazine rings is 1. The topological polar surface area (TPSA) is 93.5 Å². The molecule has 0 unspecified atom stereocenters. The maximum absolute atomic E-state index is 13.2. The van der Waals surface area contributed by atoms with E-state index in [-0.39, 0.29) is 12.5 Å². The summed E-state index contributed by atoms with van der Waals surface area (Å²) in [5.41, 5.74) is 1.69. The standard InChI is InChI=1S/C24H34N4O3S/c25-19-24(11-5-1-2-6-12-24)26-23(29)18-27-13-15-28(16-14-27)32(30,31)22-10-9-20-7-3-4-8-21(20)17-22/h9-10,17H,1-8,11-16,18H2,(H,26,29). The van der Waals surface area contributed by atoms with Crippen LogP contribution in [0.25, 0.3) is 0 Å². The number of sulfonamides is 1. The lowest BCUT2D eigenvalue weighted by atomic mass is 9.92. The highest BCUT2D eigenvalue weighted by Crippen LogP contribution is 2.27. The second kappa shape index (κ2) is 9.90. The number of benzene rings is 1. The quantitative estimate of drug-likeness (QED) is 0.685. The highest BCUT2D eigenvalue weighted by Gasteiger charge is 2.34. The van der Waals surface area contributed by atoms with Crippen molar-refractivity contribution in [1.29, 1.82) is 5.26 Å². The third kappa shape index (κ3) is 5.16. The van der Waals surface area contributed by atoms with E-state index in [9.17, 15) is 18.5 Å². The number of hydrogen-bond acceptors (Lipinski definition) is 5. The molecule has 0 radical (unpaired) electrons. The van der Waals surface area contributed by atoms with Gasteiger partial charge in [-0.25, -0.2) is 8.42 Å². The van der Waals surface area contributed by atoms with E-state index in [4.69, 9.17) is 0 Å². The average molecular weight is 459 g/mol. The van der Waals surface area contributed by atoms with Gasteiger partial charge < -0.3 is 5.32 Å². The third-order valence-corrected chi connectivity index (χ3v) is 9.10. The van der Waals surface area contributed by atoms with Gasteiger partial charge in [0.05, 0.1) is 17.5 Å². The zero-order valence-electron chi connectivity index (χ0n) is 18.8. The van der Waals surface area contributed by atoms with Crippen molar-refractivity contribution in [3.63, 3.8) is 0 Å².